The molecular weight excluding hydrogens is 350 g/mol. The summed E-state index contributed by atoms with van der Waals surface area (Å²) < 4.78 is 0. The van der Waals surface area contributed by atoms with Crippen molar-refractivity contribution in [1.82, 2.24) is 15.3 Å². The first-order valence-electron chi connectivity index (χ1n) is 10.4. The van der Waals surface area contributed by atoms with E-state index >= 15 is 0 Å². The summed E-state index contributed by atoms with van der Waals surface area (Å²) in [5, 5.41) is 6.60. The highest BCUT2D eigenvalue weighted by atomic mass is 16.1. The number of aromatic nitrogens is 2. The third-order valence-electron chi connectivity index (χ3n) is 5.82. The number of rotatable bonds is 5. The minimum absolute atomic E-state index is 0.242. The average molecular weight is 380 g/mol. The van der Waals surface area contributed by atoms with Crippen molar-refractivity contribution < 1.29 is 4.79 Å². The quantitative estimate of drug-likeness (QED) is 0.827. The van der Waals surface area contributed by atoms with Crippen LogP contribution in [0.4, 0.5) is 17.5 Å². The maximum absolute atomic E-state index is 12.3. The molecule has 2 aromatic rings. The van der Waals surface area contributed by atoms with Gasteiger partial charge in [0.25, 0.3) is 0 Å². The number of piperidine rings is 1. The maximum Gasteiger partial charge on any atom is 0.227 e. The van der Waals surface area contributed by atoms with Gasteiger partial charge in [-0.15, -0.1) is 0 Å². The summed E-state index contributed by atoms with van der Waals surface area (Å²) in [7, 11) is 0. The number of nitrogens with one attached hydrogen (secondary N) is 2. The SMILES string of the molecule is Cc1ccc(Nc2ccnc(N3CCC(NC(=O)C4CCCC4)CC3)n2)cc1. The normalized spacial score (nSPS) is 18.2. The van der Waals surface area contributed by atoms with Crippen LogP contribution >= 0.6 is 0 Å². The van der Waals surface area contributed by atoms with Gasteiger partial charge in [-0.25, -0.2) is 4.98 Å². The van der Waals surface area contributed by atoms with Gasteiger partial charge in [0.1, 0.15) is 5.82 Å². The van der Waals surface area contributed by atoms with Crippen molar-refractivity contribution in [2.75, 3.05) is 23.3 Å². The third-order valence-corrected chi connectivity index (χ3v) is 5.82. The molecule has 1 aromatic carbocycles. The van der Waals surface area contributed by atoms with Crippen LogP contribution in [0.2, 0.25) is 0 Å². The Hall–Kier alpha value is -2.63. The van der Waals surface area contributed by atoms with Crippen molar-refractivity contribution >= 4 is 23.4 Å². The van der Waals surface area contributed by atoms with Gasteiger partial charge in [-0.3, -0.25) is 4.79 Å². The second-order valence-corrected chi connectivity index (χ2v) is 7.98. The second-order valence-electron chi connectivity index (χ2n) is 7.98. The van der Waals surface area contributed by atoms with E-state index in [9.17, 15) is 4.79 Å². The molecule has 6 nitrogen and oxygen atoms in total. The Bertz CT molecular complexity index is 793. The lowest BCUT2D eigenvalue weighted by Crippen LogP contribution is -2.46. The minimum Gasteiger partial charge on any atom is -0.353 e. The summed E-state index contributed by atoms with van der Waals surface area (Å²) in [6.07, 6.45) is 8.18. The highest BCUT2D eigenvalue weighted by molar-refractivity contribution is 5.79. The molecule has 0 atom stereocenters. The summed E-state index contributed by atoms with van der Waals surface area (Å²) in [5.41, 5.74) is 2.25. The van der Waals surface area contributed by atoms with Gasteiger partial charge in [0, 0.05) is 36.9 Å². The zero-order valence-corrected chi connectivity index (χ0v) is 16.5. The lowest BCUT2D eigenvalue weighted by molar-refractivity contribution is -0.125. The molecule has 1 aliphatic carbocycles. The average Bonchev–Trinajstić information content (AvgIpc) is 3.26. The maximum atomic E-state index is 12.3. The van der Waals surface area contributed by atoms with Crippen molar-refractivity contribution in [3.05, 3.63) is 42.1 Å². The van der Waals surface area contributed by atoms with Crippen LogP contribution in [0, 0.1) is 12.8 Å². The minimum atomic E-state index is 0.242. The third kappa shape index (κ3) is 4.61. The van der Waals surface area contributed by atoms with Crippen molar-refractivity contribution in [2.45, 2.75) is 51.5 Å². The Morgan fingerprint density at radius 3 is 2.46 bits per heavy atom. The summed E-state index contributed by atoms with van der Waals surface area (Å²) in [4.78, 5) is 23.7. The lowest BCUT2D eigenvalue weighted by Gasteiger charge is -2.33. The number of aryl methyl sites for hydroxylation is 1. The molecule has 0 radical (unpaired) electrons. The van der Waals surface area contributed by atoms with E-state index in [0.717, 1.165) is 56.2 Å². The molecule has 0 bridgehead atoms. The first kappa shape index (κ1) is 18.7. The molecule has 148 valence electrons. The molecule has 2 heterocycles. The number of benzene rings is 1. The first-order valence-corrected chi connectivity index (χ1v) is 10.4. The van der Waals surface area contributed by atoms with E-state index < -0.39 is 0 Å². The molecule has 2 fully saturated rings. The summed E-state index contributed by atoms with van der Waals surface area (Å²) >= 11 is 0. The fraction of sp³-hybridized carbons (Fsp3) is 0.500. The summed E-state index contributed by atoms with van der Waals surface area (Å²) in [5.74, 6) is 2.05. The zero-order valence-electron chi connectivity index (χ0n) is 16.5. The van der Waals surface area contributed by atoms with Crippen LogP contribution < -0.4 is 15.5 Å². The smallest absolute Gasteiger partial charge is 0.227 e. The molecule has 1 saturated carbocycles. The number of nitrogens with zero attached hydrogens (tertiary/aromatic N) is 3. The Kier molecular flexibility index (Phi) is 5.74. The molecule has 1 aromatic heterocycles. The second kappa shape index (κ2) is 8.59. The molecule has 1 aliphatic heterocycles. The van der Waals surface area contributed by atoms with E-state index in [1.54, 1.807) is 6.20 Å². The van der Waals surface area contributed by atoms with Gasteiger partial charge < -0.3 is 15.5 Å². The monoisotopic (exact) mass is 379 g/mol. The molecule has 2 aliphatic rings. The molecule has 0 spiro atoms. The van der Waals surface area contributed by atoms with Gasteiger partial charge in [-0.1, -0.05) is 30.5 Å². The molecule has 2 N–H and O–H groups in total. The fourth-order valence-corrected chi connectivity index (χ4v) is 4.09. The van der Waals surface area contributed by atoms with Crippen LogP contribution in [0.1, 0.15) is 44.1 Å². The molecule has 1 saturated heterocycles. The van der Waals surface area contributed by atoms with Crippen LogP contribution in [0.5, 0.6) is 0 Å². The lowest BCUT2D eigenvalue weighted by atomic mass is 10.0. The number of carbonyl (C=O) groups is 1. The molecule has 4 rings (SSSR count). The Morgan fingerprint density at radius 1 is 1.04 bits per heavy atom. The molecular formula is C22H29N5O. The van der Waals surface area contributed by atoms with Crippen molar-refractivity contribution in [1.29, 1.82) is 0 Å². The molecule has 6 heteroatoms. The van der Waals surface area contributed by atoms with Gasteiger partial charge in [-0.2, -0.15) is 4.98 Å². The van der Waals surface area contributed by atoms with E-state index in [-0.39, 0.29) is 17.9 Å². The standard InChI is InChI=1S/C22H29N5O/c1-16-6-8-18(9-7-16)24-20-10-13-23-22(26-20)27-14-11-19(12-15-27)25-21(28)17-4-2-3-5-17/h6-10,13,17,19H,2-5,11-12,14-15H2,1H3,(H,25,28)(H,23,24,26). The van der Waals surface area contributed by atoms with Crippen molar-refractivity contribution in [3.63, 3.8) is 0 Å². The van der Waals surface area contributed by atoms with Crippen molar-refractivity contribution in [3.8, 4) is 0 Å². The van der Waals surface area contributed by atoms with Crippen LogP contribution in [0.25, 0.3) is 0 Å². The number of carbonyl (C=O) groups excluding carboxylic acids is 1. The fourth-order valence-electron chi connectivity index (χ4n) is 4.09. The van der Waals surface area contributed by atoms with Gasteiger partial charge in [0.15, 0.2) is 0 Å². The van der Waals surface area contributed by atoms with E-state index in [2.05, 4.69) is 56.7 Å². The van der Waals surface area contributed by atoms with Crippen LogP contribution in [0.15, 0.2) is 36.5 Å². The van der Waals surface area contributed by atoms with Crippen molar-refractivity contribution in [2.24, 2.45) is 5.92 Å². The van der Waals surface area contributed by atoms with Crippen LogP contribution in [0.3, 0.4) is 0 Å². The molecule has 28 heavy (non-hydrogen) atoms. The molecule has 0 unspecified atom stereocenters. The predicted octanol–water partition coefficient (Wildman–Crippen LogP) is 3.80. The van der Waals surface area contributed by atoms with E-state index in [0.29, 0.717) is 0 Å². The van der Waals surface area contributed by atoms with Crippen LogP contribution in [-0.4, -0.2) is 35.0 Å². The summed E-state index contributed by atoms with van der Waals surface area (Å²) in [6.45, 7) is 3.81. The van der Waals surface area contributed by atoms with Gasteiger partial charge in [0.05, 0.1) is 0 Å². The van der Waals surface area contributed by atoms with Crippen LogP contribution in [-0.2, 0) is 4.79 Å². The van der Waals surface area contributed by atoms with Gasteiger partial charge in [0.2, 0.25) is 11.9 Å². The zero-order chi connectivity index (χ0) is 19.3. The highest BCUT2D eigenvalue weighted by Crippen LogP contribution is 2.26. The number of hydrogen-bond acceptors (Lipinski definition) is 5. The predicted molar refractivity (Wildman–Crippen MR) is 112 cm³/mol. The largest absolute Gasteiger partial charge is 0.353 e. The Morgan fingerprint density at radius 2 is 1.75 bits per heavy atom. The van der Waals surface area contributed by atoms with Gasteiger partial charge >= 0.3 is 0 Å². The van der Waals surface area contributed by atoms with E-state index in [1.165, 1.54) is 18.4 Å². The Balaban J connectivity index is 1.31. The highest BCUT2D eigenvalue weighted by Gasteiger charge is 2.27. The summed E-state index contributed by atoms with van der Waals surface area (Å²) in [6, 6.07) is 10.4. The van der Waals surface area contributed by atoms with E-state index in [4.69, 9.17) is 0 Å². The van der Waals surface area contributed by atoms with Gasteiger partial charge in [-0.05, 0) is 50.8 Å². The molecule has 1 amide bonds. The topological polar surface area (TPSA) is 70.2 Å². The number of amides is 1. The first-order chi connectivity index (χ1) is 13.7. The van der Waals surface area contributed by atoms with E-state index in [1.807, 2.05) is 6.07 Å². The number of hydrogen-bond donors (Lipinski definition) is 2. The Labute approximate surface area is 166 Å². The number of anilines is 3.